The summed E-state index contributed by atoms with van der Waals surface area (Å²) in [6.45, 7) is 1.42. The highest BCUT2D eigenvalue weighted by atomic mass is 32.2. The van der Waals surface area contributed by atoms with Crippen LogP contribution in [0.15, 0.2) is 23.1 Å². The largest absolute Gasteiger partial charge is 0.416 e. The van der Waals surface area contributed by atoms with Gasteiger partial charge in [0, 0.05) is 24.4 Å². The zero-order chi connectivity index (χ0) is 16.6. The Morgan fingerprint density at radius 3 is 2.65 bits per heavy atom. The topological polar surface area (TPSA) is 49.4 Å². The van der Waals surface area contributed by atoms with Gasteiger partial charge in [0.15, 0.2) is 0 Å². The summed E-state index contributed by atoms with van der Waals surface area (Å²) in [6, 6.07) is 3.26. The second-order valence-electron chi connectivity index (χ2n) is 5.60. The van der Waals surface area contributed by atoms with Gasteiger partial charge in [0.2, 0.25) is 11.8 Å². The lowest BCUT2D eigenvalue weighted by atomic mass is 10.1. The maximum atomic E-state index is 12.7. The first-order chi connectivity index (χ1) is 10.8. The number of nitrogens with one attached hydrogen (secondary N) is 1. The summed E-state index contributed by atoms with van der Waals surface area (Å²) in [7, 11) is 0. The van der Waals surface area contributed by atoms with Crippen molar-refractivity contribution in [1.82, 2.24) is 4.90 Å². The smallest absolute Gasteiger partial charge is 0.343 e. The minimum Gasteiger partial charge on any atom is -0.343 e. The molecule has 0 bridgehead atoms. The Labute approximate surface area is 135 Å². The first kappa shape index (κ1) is 16.2. The minimum absolute atomic E-state index is 0.0664. The summed E-state index contributed by atoms with van der Waals surface area (Å²) in [5, 5.41) is 1.88. The molecule has 1 atom stereocenters. The van der Waals surface area contributed by atoms with E-state index in [1.807, 2.05) is 0 Å². The van der Waals surface area contributed by atoms with E-state index in [-0.39, 0.29) is 18.0 Å². The Kier molecular flexibility index (Phi) is 4.27. The Hall–Kier alpha value is -1.70. The molecule has 2 aliphatic rings. The molecule has 4 nitrogen and oxygen atoms in total. The lowest BCUT2D eigenvalue weighted by Crippen LogP contribution is -2.36. The molecule has 0 aromatic heterocycles. The van der Waals surface area contributed by atoms with Crippen molar-refractivity contribution in [3.63, 3.8) is 0 Å². The second-order valence-corrected chi connectivity index (χ2v) is 6.84. The van der Waals surface area contributed by atoms with Crippen molar-refractivity contribution in [2.45, 2.75) is 35.6 Å². The molecule has 3 rings (SSSR count). The van der Waals surface area contributed by atoms with Gasteiger partial charge in [-0.2, -0.15) is 13.2 Å². The molecule has 2 amide bonds. The summed E-state index contributed by atoms with van der Waals surface area (Å²) in [5.41, 5.74) is -0.650. The van der Waals surface area contributed by atoms with Gasteiger partial charge in [-0.25, -0.2) is 0 Å². The molecule has 1 fully saturated rings. The van der Waals surface area contributed by atoms with Gasteiger partial charge in [-0.05, 0) is 31.0 Å². The number of likely N-dealkylation sites (tertiary alicyclic amines) is 1. The fraction of sp³-hybridized carbons (Fsp3) is 0.467. The molecular formula is C15H15F3N2O2S. The number of halogens is 3. The van der Waals surface area contributed by atoms with Crippen LogP contribution in [0.2, 0.25) is 0 Å². The van der Waals surface area contributed by atoms with Crippen LogP contribution in [0.1, 0.15) is 24.8 Å². The van der Waals surface area contributed by atoms with Crippen LogP contribution in [0.3, 0.4) is 0 Å². The number of hydrogen-bond donors (Lipinski definition) is 1. The maximum absolute atomic E-state index is 12.7. The fourth-order valence-electron chi connectivity index (χ4n) is 2.72. The zero-order valence-electron chi connectivity index (χ0n) is 12.2. The average molecular weight is 344 g/mol. The van der Waals surface area contributed by atoms with E-state index in [2.05, 4.69) is 5.32 Å². The number of alkyl halides is 3. The highest BCUT2D eigenvalue weighted by Crippen LogP contribution is 2.40. The number of rotatable bonds is 2. The van der Waals surface area contributed by atoms with E-state index < -0.39 is 22.9 Å². The molecule has 0 radical (unpaired) electrons. The van der Waals surface area contributed by atoms with Crippen molar-refractivity contribution in [3.05, 3.63) is 23.8 Å². The Morgan fingerprint density at radius 2 is 2.00 bits per heavy atom. The van der Waals surface area contributed by atoms with Gasteiger partial charge >= 0.3 is 6.18 Å². The van der Waals surface area contributed by atoms with Crippen LogP contribution in [-0.4, -0.2) is 35.1 Å². The number of hydrogen-bond acceptors (Lipinski definition) is 3. The predicted octanol–water partition coefficient (Wildman–Crippen LogP) is 3.13. The van der Waals surface area contributed by atoms with Crippen LogP contribution in [0.4, 0.5) is 18.9 Å². The van der Waals surface area contributed by atoms with E-state index >= 15 is 0 Å². The van der Waals surface area contributed by atoms with E-state index in [0.717, 1.165) is 36.7 Å². The van der Waals surface area contributed by atoms with Crippen molar-refractivity contribution in [2.24, 2.45) is 0 Å². The number of carbonyl (C=O) groups excluding carboxylic acids is 2. The van der Waals surface area contributed by atoms with Crippen LogP contribution in [0.25, 0.3) is 0 Å². The highest BCUT2D eigenvalue weighted by Gasteiger charge is 2.35. The Morgan fingerprint density at radius 1 is 1.30 bits per heavy atom. The lowest BCUT2D eigenvalue weighted by molar-refractivity contribution is -0.137. The first-order valence-corrected chi connectivity index (χ1v) is 8.19. The van der Waals surface area contributed by atoms with Crippen molar-refractivity contribution >= 4 is 29.3 Å². The van der Waals surface area contributed by atoms with Crippen molar-refractivity contribution in [2.75, 3.05) is 18.4 Å². The molecule has 23 heavy (non-hydrogen) atoms. The molecule has 2 aliphatic heterocycles. The van der Waals surface area contributed by atoms with Gasteiger partial charge < -0.3 is 10.2 Å². The standard InChI is InChI=1S/C15H15F3N2O2S/c16-15(17,18)9-3-4-11-10(7-9)19-14(22)12(23-11)8-13(21)20-5-1-2-6-20/h3-4,7,12H,1-2,5-6,8H2,(H,19,22)/t12-/m1/s1. The Bertz CT molecular complexity index is 642. The summed E-state index contributed by atoms with van der Waals surface area (Å²) in [4.78, 5) is 26.5. The molecule has 1 aromatic carbocycles. The van der Waals surface area contributed by atoms with Crippen LogP contribution in [0.5, 0.6) is 0 Å². The van der Waals surface area contributed by atoms with Crippen LogP contribution in [-0.2, 0) is 15.8 Å². The third kappa shape index (κ3) is 3.46. The van der Waals surface area contributed by atoms with E-state index in [4.69, 9.17) is 0 Å². The monoisotopic (exact) mass is 344 g/mol. The molecule has 2 heterocycles. The molecule has 0 saturated carbocycles. The number of fused-ring (bicyclic) bond motifs is 1. The zero-order valence-corrected chi connectivity index (χ0v) is 13.0. The summed E-state index contributed by atoms with van der Waals surface area (Å²) < 4.78 is 38.1. The molecule has 8 heteroatoms. The molecule has 0 spiro atoms. The van der Waals surface area contributed by atoms with Crippen molar-refractivity contribution in [3.8, 4) is 0 Å². The molecule has 1 N–H and O–H groups in total. The normalized spacial score (nSPS) is 21.1. The van der Waals surface area contributed by atoms with E-state index in [1.165, 1.54) is 6.07 Å². The van der Waals surface area contributed by atoms with Crippen LogP contribution < -0.4 is 5.32 Å². The molecule has 124 valence electrons. The number of amides is 2. The third-order valence-corrected chi connectivity index (χ3v) is 5.22. The quantitative estimate of drug-likeness (QED) is 0.897. The number of thioether (sulfide) groups is 1. The van der Waals surface area contributed by atoms with Gasteiger partial charge in [0.25, 0.3) is 0 Å². The third-order valence-electron chi connectivity index (χ3n) is 3.95. The summed E-state index contributed by atoms with van der Waals surface area (Å²) >= 11 is 1.14. The first-order valence-electron chi connectivity index (χ1n) is 7.31. The SMILES string of the molecule is O=C1Nc2cc(C(F)(F)F)ccc2S[C@@H]1CC(=O)N1CCCC1. The molecule has 0 aliphatic carbocycles. The maximum Gasteiger partial charge on any atom is 0.416 e. The fourth-order valence-corrected chi connectivity index (χ4v) is 3.80. The van der Waals surface area contributed by atoms with Gasteiger partial charge in [-0.3, -0.25) is 9.59 Å². The van der Waals surface area contributed by atoms with Crippen molar-refractivity contribution in [1.29, 1.82) is 0 Å². The Balaban J connectivity index is 1.73. The number of carbonyl (C=O) groups is 2. The molecular weight excluding hydrogens is 329 g/mol. The van der Waals surface area contributed by atoms with Crippen molar-refractivity contribution < 1.29 is 22.8 Å². The number of nitrogens with zero attached hydrogens (tertiary/aromatic N) is 1. The molecule has 1 saturated heterocycles. The van der Waals surface area contributed by atoms with E-state index in [1.54, 1.807) is 4.90 Å². The minimum atomic E-state index is -4.45. The van der Waals surface area contributed by atoms with Gasteiger partial charge in [0.1, 0.15) is 0 Å². The van der Waals surface area contributed by atoms with Gasteiger partial charge in [-0.1, -0.05) is 0 Å². The molecule has 1 aromatic rings. The van der Waals surface area contributed by atoms with E-state index in [0.29, 0.717) is 18.0 Å². The highest BCUT2D eigenvalue weighted by molar-refractivity contribution is 8.01. The average Bonchev–Trinajstić information content (AvgIpc) is 3.00. The summed E-state index contributed by atoms with van der Waals surface area (Å²) in [5.74, 6) is -0.500. The molecule has 0 unspecified atom stereocenters. The van der Waals surface area contributed by atoms with Gasteiger partial charge in [0.05, 0.1) is 16.5 Å². The summed E-state index contributed by atoms with van der Waals surface area (Å²) in [6.07, 6.45) is -2.44. The lowest BCUT2D eigenvalue weighted by Gasteiger charge is -2.26. The van der Waals surface area contributed by atoms with Gasteiger partial charge in [-0.15, -0.1) is 11.8 Å². The second kappa shape index (κ2) is 6.07. The van der Waals surface area contributed by atoms with Crippen LogP contribution in [0, 0.1) is 0 Å². The number of benzene rings is 1. The van der Waals surface area contributed by atoms with E-state index in [9.17, 15) is 22.8 Å². The number of anilines is 1. The van der Waals surface area contributed by atoms with Crippen LogP contribution >= 0.6 is 11.8 Å². The predicted molar refractivity (Wildman–Crippen MR) is 80.1 cm³/mol.